The van der Waals surface area contributed by atoms with Crippen molar-refractivity contribution in [1.29, 1.82) is 0 Å². The molecule has 27 heavy (non-hydrogen) atoms. The van der Waals surface area contributed by atoms with E-state index in [0.29, 0.717) is 34.5 Å². The van der Waals surface area contributed by atoms with Gasteiger partial charge in [0.1, 0.15) is 5.75 Å². The highest BCUT2D eigenvalue weighted by molar-refractivity contribution is 7.90. The first kappa shape index (κ1) is 18.8. The maximum atomic E-state index is 13.1. The van der Waals surface area contributed by atoms with E-state index in [9.17, 15) is 13.2 Å². The van der Waals surface area contributed by atoms with E-state index in [1.807, 2.05) is 6.92 Å². The summed E-state index contributed by atoms with van der Waals surface area (Å²) in [5.74, 6) is -0.345. The number of carbonyl (C=O) groups is 1. The predicted octanol–water partition coefficient (Wildman–Crippen LogP) is 2.88. The highest BCUT2D eigenvalue weighted by atomic mass is 32.2. The molecule has 0 unspecified atom stereocenters. The maximum absolute atomic E-state index is 13.1. The van der Waals surface area contributed by atoms with Gasteiger partial charge in [0.2, 0.25) is 0 Å². The zero-order valence-electron chi connectivity index (χ0n) is 14.8. The third kappa shape index (κ3) is 3.75. The molecule has 0 atom stereocenters. The highest BCUT2D eigenvalue weighted by Gasteiger charge is 2.22. The van der Waals surface area contributed by atoms with E-state index < -0.39 is 16.0 Å². The van der Waals surface area contributed by atoms with Crippen molar-refractivity contribution >= 4 is 32.6 Å². The van der Waals surface area contributed by atoms with Gasteiger partial charge in [0.05, 0.1) is 17.0 Å². The summed E-state index contributed by atoms with van der Waals surface area (Å²) >= 11 is 0. The summed E-state index contributed by atoms with van der Waals surface area (Å²) in [7, 11) is -3.85. The summed E-state index contributed by atoms with van der Waals surface area (Å²) < 4.78 is 32.9. The first-order valence-electron chi connectivity index (χ1n) is 8.42. The average Bonchev–Trinajstić information content (AvgIpc) is 2.99. The standard InChI is InChI=1S/C19H20N2O5S/c1-2-26-15-6-9-18-17(11-15)13(3-10-19(22)23)12-21(18)27(24,25)16-7-4-14(20)5-8-16/h4-9,11-12H,2-3,10,20H2,1H3,(H,22,23). The van der Waals surface area contributed by atoms with Crippen LogP contribution in [0.1, 0.15) is 18.9 Å². The van der Waals surface area contributed by atoms with Crippen LogP contribution in [-0.4, -0.2) is 30.1 Å². The summed E-state index contributed by atoms with van der Waals surface area (Å²) in [5, 5.41) is 9.65. The Morgan fingerprint density at radius 3 is 2.52 bits per heavy atom. The first-order chi connectivity index (χ1) is 12.8. The number of carboxylic acids is 1. The molecule has 0 spiro atoms. The minimum Gasteiger partial charge on any atom is -0.494 e. The fourth-order valence-corrected chi connectivity index (χ4v) is 4.29. The second-order valence-electron chi connectivity index (χ2n) is 6.03. The van der Waals surface area contributed by atoms with Gasteiger partial charge in [-0.3, -0.25) is 4.79 Å². The maximum Gasteiger partial charge on any atom is 0.303 e. The minimum atomic E-state index is -3.85. The van der Waals surface area contributed by atoms with Crippen molar-refractivity contribution in [2.24, 2.45) is 0 Å². The topological polar surface area (TPSA) is 112 Å². The van der Waals surface area contributed by atoms with Gasteiger partial charge in [-0.15, -0.1) is 0 Å². The van der Waals surface area contributed by atoms with Crippen LogP contribution >= 0.6 is 0 Å². The Bertz CT molecular complexity index is 1090. The fraction of sp³-hybridized carbons (Fsp3) is 0.211. The van der Waals surface area contributed by atoms with Gasteiger partial charge in [-0.25, -0.2) is 12.4 Å². The van der Waals surface area contributed by atoms with Gasteiger partial charge in [0.15, 0.2) is 0 Å². The molecule has 0 aliphatic heterocycles. The molecular weight excluding hydrogens is 368 g/mol. The van der Waals surface area contributed by atoms with Crippen molar-refractivity contribution in [3.63, 3.8) is 0 Å². The van der Waals surface area contributed by atoms with E-state index in [1.165, 1.54) is 34.4 Å². The Labute approximate surface area is 157 Å². The van der Waals surface area contributed by atoms with E-state index in [-0.39, 0.29) is 17.7 Å². The van der Waals surface area contributed by atoms with Crippen molar-refractivity contribution in [3.05, 3.63) is 54.2 Å². The number of benzene rings is 2. The molecule has 3 N–H and O–H groups in total. The lowest BCUT2D eigenvalue weighted by atomic mass is 10.1. The number of fused-ring (bicyclic) bond motifs is 1. The lowest BCUT2D eigenvalue weighted by molar-refractivity contribution is -0.136. The number of nitrogen functional groups attached to an aromatic ring is 1. The second-order valence-corrected chi connectivity index (χ2v) is 7.84. The second kappa shape index (κ2) is 7.32. The summed E-state index contributed by atoms with van der Waals surface area (Å²) in [6.07, 6.45) is 1.60. The number of aliphatic carboxylic acids is 1. The number of anilines is 1. The van der Waals surface area contributed by atoms with Gasteiger partial charge in [-0.2, -0.15) is 0 Å². The third-order valence-electron chi connectivity index (χ3n) is 4.18. The van der Waals surface area contributed by atoms with Crippen molar-refractivity contribution in [1.82, 2.24) is 3.97 Å². The molecule has 7 nitrogen and oxygen atoms in total. The normalized spacial score (nSPS) is 11.6. The monoisotopic (exact) mass is 388 g/mol. The number of carboxylic acid groups (broad SMARTS) is 1. The van der Waals surface area contributed by atoms with Gasteiger partial charge in [-0.05, 0) is 61.4 Å². The van der Waals surface area contributed by atoms with Crippen LogP contribution in [0.3, 0.4) is 0 Å². The number of ether oxygens (including phenoxy) is 1. The summed E-state index contributed by atoms with van der Waals surface area (Å²) in [4.78, 5) is 11.1. The molecule has 0 saturated heterocycles. The number of aromatic nitrogens is 1. The van der Waals surface area contributed by atoms with Crippen molar-refractivity contribution < 1.29 is 23.1 Å². The molecule has 8 heteroatoms. The number of nitrogens with zero attached hydrogens (tertiary/aromatic N) is 1. The number of hydrogen-bond donors (Lipinski definition) is 2. The fourth-order valence-electron chi connectivity index (χ4n) is 2.89. The van der Waals surface area contributed by atoms with Gasteiger partial charge in [-0.1, -0.05) is 0 Å². The quantitative estimate of drug-likeness (QED) is 0.602. The number of hydrogen-bond acceptors (Lipinski definition) is 5. The Morgan fingerprint density at radius 2 is 1.89 bits per heavy atom. The first-order valence-corrected chi connectivity index (χ1v) is 9.86. The van der Waals surface area contributed by atoms with Crippen molar-refractivity contribution in [2.75, 3.05) is 12.3 Å². The van der Waals surface area contributed by atoms with Crippen LogP contribution in [0.15, 0.2) is 53.6 Å². The predicted molar refractivity (Wildman–Crippen MR) is 103 cm³/mol. The molecule has 1 heterocycles. The molecule has 0 aliphatic rings. The largest absolute Gasteiger partial charge is 0.494 e. The summed E-state index contributed by atoms with van der Waals surface area (Å²) in [5.41, 5.74) is 7.21. The van der Waals surface area contributed by atoms with Gasteiger partial charge < -0.3 is 15.6 Å². The van der Waals surface area contributed by atoms with E-state index in [4.69, 9.17) is 15.6 Å². The summed E-state index contributed by atoms with van der Waals surface area (Å²) in [6.45, 7) is 2.33. The Hall–Kier alpha value is -3.00. The van der Waals surface area contributed by atoms with Crippen LogP contribution in [-0.2, 0) is 21.2 Å². The highest BCUT2D eigenvalue weighted by Crippen LogP contribution is 2.30. The molecule has 1 aromatic heterocycles. The Morgan fingerprint density at radius 1 is 1.19 bits per heavy atom. The van der Waals surface area contributed by atoms with Gasteiger partial charge in [0, 0.05) is 23.7 Å². The zero-order chi connectivity index (χ0) is 19.6. The van der Waals surface area contributed by atoms with Crippen LogP contribution in [0.5, 0.6) is 5.75 Å². The van der Waals surface area contributed by atoms with Crippen LogP contribution in [0.2, 0.25) is 0 Å². The van der Waals surface area contributed by atoms with Gasteiger partial charge >= 0.3 is 5.97 Å². The lowest BCUT2D eigenvalue weighted by Crippen LogP contribution is -2.12. The molecular formula is C19H20N2O5S. The van der Waals surface area contributed by atoms with Crippen molar-refractivity contribution in [2.45, 2.75) is 24.7 Å². The lowest BCUT2D eigenvalue weighted by Gasteiger charge is -2.08. The van der Waals surface area contributed by atoms with E-state index in [0.717, 1.165) is 0 Å². The molecule has 3 aromatic rings. The zero-order valence-corrected chi connectivity index (χ0v) is 15.6. The molecule has 3 rings (SSSR count). The van der Waals surface area contributed by atoms with E-state index in [1.54, 1.807) is 18.2 Å². The van der Waals surface area contributed by atoms with Crippen LogP contribution in [0.25, 0.3) is 10.9 Å². The average molecular weight is 388 g/mol. The Balaban J connectivity index is 2.17. The van der Waals surface area contributed by atoms with Crippen molar-refractivity contribution in [3.8, 4) is 5.75 Å². The minimum absolute atomic E-state index is 0.0973. The number of nitrogens with two attached hydrogens (primary N) is 1. The summed E-state index contributed by atoms with van der Waals surface area (Å²) in [6, 6.07) is 11.0. The molecule has 0 radical (unpaired) electrons. The smallest absolute Gasteiger partial charge is 0.303 e. The molecule has 0 aliphatic carbocycles. The van der Waals surface area contributed by atoms with E-state index >= 15 is 0 Å². The molecule has 0 fully saturated rings. The van der Waals surface area contributed by atoms with E-state index in [2.05, 4.69) is 0 Å². The van der Waals surface area contributed by atoms with Crippen LogP contribution in [0.4, 0.5) is 5.69 Å². The number of rotatable bonds is 7. The van der Waals surface area contributed by atoms with Gasteiger partial charge in [0.25, 0.3) is 10.0 Å². The SMILES string of the molecule is CCOc1ccc2c(c1)c(CCC(=O)O)cn2S(=O)(=O)c1ccc(N)cc1. The molecule has 142 valence electrons. The molecule has 0 bridgehead atoms. The molecule has 0 saturated carbocycles. The van der Waals surface area contributed by atoms with Crippen LogP contribution < -0.4 is 10.5 Å². The Kier molecular flexibility index (Phi) is 5.09. The van der Waals surface area contributed by atoms with Crippen LogP contribution in [0, 0.1) is 0 Å². The molecule has 2 aromatic carbocycles. The number of aryl methyl sites for hydroxylation is 1. The molecule has 0 amide bonds. The third-order valence-corrected chi connectivity index (χ3v) is 5.87.